The summed E-state index contributed by atoms with van der Waals surface area (Å²) in [6, 6.07) is 3.69. The fraction of sp³-hybridized carbons (Fsp3) is 0.100. The topological polar surface area (TPSA) is 26.3 Å². The monoisotopic (exact) mass is 352 g/mol. The Kier molecular flexibility index (Phi) is 4.83. The van der Waals surface area contributed by atoms with Crippen molar-refractivity contribution in [1.29, 1.82) is 0 Å². The molecule has 0 spiro atoms. The van der Waals surface area contributed by atoms with Crippen molar-refractivity contribution in [2.75, 3.05) is 7.11 Å². The standard InChI is InChI=1S/C10H7Br2ClO2/c1-15-10-6(2-3-9(13)14)4-7(11)5-8(10)12/h2-5H,1H3. The van der Waals surface area contributed by atoms with Crippen molar-refractivity contribution in [2.45, 2.75) is 0 Å². The zero-order chi connectivity index (χ0) is 11.4. The van der Waals surface area contributed by atoms with Crippen LogP contribution in [0.5, 0.6) is 5.75 Å². The first-order valence-corrected chi connectivity index (χ1v) is 5.91. The highest BCUT2D eigenvalue weighted by atomic mass is 79.9. The van der Waals surface area contributed by atoms with Gasteiger partial charge in [0.05, 0.1) is 11.6 Å². The van der Waals surface area contributed by atoms with E-state index in [1.165, 1.54) is 6.08 Å². The van der Waals surface area contributed by atoms with E-state index >= 15 is 0 Å². The molecule has 0 bridgehead atoms. The number of carbonyl (C=O) groups is 1. The van der Waals surface area contributed by atoms with Gasteiger partial charge in [-0.3, -0.25) is 4.79 Å². The van der Waals surface area contributed by atoms with Crippen molar-refractivity contribution in [1.82, 2.24) is 0 Å². The first-order chi connectivity index (χ1) is 7.04. The van der Waals surface area contributed by atoms with Crippen LogP contribution >= 0.6 is 43.5 Å². The van der Waals surface area contributed by atoms with Gasteiger partial charge in [-0.25, -0.2) is 0 Å². The lowest BCUT2D eigenvalue weighted by molar-refractivity contribution is -0.107. The van der Waals surface area contributed by atoms with Gasteiger partial charge in [-0.1, -0.05) is 15.9 Å². The second-order valence-electron chi connectivity index (χ2n) is 2.65. The first-order valence-electron chi connectivity index (χ1n) is 3.95. The molecule has 0 atom stereocenters. The minimum atomic E-state index is -0.520. The van der Waals surface area contributed by atoms with Crippen LogP contribution in [-0.2, 0) is 4.79 Å². The third-order valence-electron chi connectivity index (χ3n) is 1.64. The predicted molar refractivity (Wildman–Crippen MR) is 68.3 cm³/mol. The second-order valence-corrected chi connectivity index (χ2v) is 4.79. The fourth-order valence-corrected chi connectivity index (χ4v) is 2.56. The lowest BCUT2D eigenvalue weighted by Crippen LogP contribution is -1.89. The zero-order valence-corrected chi connectivity index (χ0v) is 11.7. The summed E-state index contributed by atoms with van der Waals surface area (Å²) in [7, 11) is 1.56. The molecule has 0 saturated heterocycles. The summed E-state index contributed by atoms with van der Waals surface area (Å²) >= 11 is 11.9. The normalized spacial score (nSPS) is 10.7. The SMILES string of the molecule is COc1c(Br)cc(Br)cc1C=CC(=O)Cl. The first kappa shape index (κ1) is 12.7. The van der Waals surface area contributed by atoms with Crippen LogP contribution in [0.2, 0.25) is 0 Å². The maximum atomic E-state index is 10.6. The molecule has 0 aliphatic rings. The Labute approximate surface area is 110 Å². The molecule has 0 amide bonds. The van der Waals surface area contributed by atoms with E-state index in [1.807, 2.05) is 12.1 Å². The number of hydrogen-bond acceptors (Lipinski definition) is 2. The number of rotatable bonds is 3. The number of halogens is 3. The van der Waals surface area contributed by atoms with E-state index in [-0.39, 0.29) is 0 Å². The van der Waals surface area contributed by atoms with Crippen molar-refractivity contribution in [3.8, 4) is 5.75 Å². The second kappa shape index (κ2) is 5.68. The van der Waals surface area contributed by atoms with E-state index in [1.54, 1.807) is 13.2 Å². The van der Waals surface area contributed by atoms with Gasteiger partial charge in [0, 0.05) is 10.0 Å². The van der Waals surface area contributed by atoms with Gasteiger partial charge in [0.25, 0.3) is 0 Å². The molecule has 0 aromatic heterocycles. The predicted octanol–water partition coefficient (Wildman–Crippen LogP) is 4.00. The highest BCUT2D eigenvalue weighted by Gasteiger charge is 2.06. The van der Waals surface area contributed by atoms with Crippen LogP contribution in [0.15, 0.2) is 27.2 Å². The smallest absolute Gasteiger partial charge is 0.245 e. The molecular weight excluding hydrogens is 347 g/mol. The molecule has 0 saturated carbocycles. The van der Waals surface area contributed by atoms with Gasteiger partial charge >= 0.3 is 0 Å². The Morgan fingerprint density at radius 3 is 2.67 bits per heavy atom. The highest BCUT2D eigenvalue weighted by molar-refractivity contribution is 9.11. The molecular formula is C10H7Br2ClO2. The summed E-state index contributed by atoms with van der Waals surface area (Å²) in [5.74, 6) is 0.660. The van der Waals surface area contributed by atoms with Crippen molar-refractivity contribution >= 4 is 54.8 Å². The molecule has 0 N–H and O–H groups in total. The van der Waals surface area contributed by atoms with Crippen LogP contribution in [-0.4, -0.2) is 12.4 Å². The quantitative estimate of drug-likeness (QED) is 0.606. The molecule has 0 aliphatic carbocycles. The molecule has 0 unspecified atom stereocenters. The molecule has 0 heterocycles. The average molecular weight is 354 g/mol. The molecule has 1 aromatic rings. The van der Waals surface area contributed by atoms with Crippen LogP contribution in [0, 0.1) is 0 Å². The summed E-state index contributed by atoms with van der Waals surface area (Å²) in [5.41, 5.74) is 0.771. The van der Waals surface area contributed by atoms with Crippen molar-refractivity contribution in [3.05, 3.63) is 32.7 Å². The lowest BCUT2D eigenvalue weighted by Gasteiger charge is -2.07. The lowest BCUT2D eigenvalue weighted by atomic mass is 10.2. The third kappa shape index (κ3) is 3.63. The number of ether oxygens (including phenoxy) is 1. The molecule has 15 heavy (non-hydrogen) atoms. The van der Waals surface area contributed by atoms with Crippen LogP contribution in [0.3, 0.4) is 0 Å². The maximum absolute atomic E-state index is 10.6. The average Bonchev–Trinajstić information content (AvgIpc) is 2.13. The summed E-state index contributed by atoms with van der Waals surface area (Å²) < 4.78 is 6.88. The Balaban J connectivity index is 3.20. The molecule has 0 aliphatic heterocycles. The Hall–Kier alpha value is -0.320. The van der Waals surface area contributed by atoms with Gasteiger partial charge in [-0.05, 0) is 51.8 Å². The van der Waals surface area contributed by atoms with E-state index in [4.69, 9.17) is 16.3 Å². The molecule has 1 aromatic carbocycles. The van der Waals surface area contributed by atoms with Crippen LogP contribution in [0.25, 0.3) is 6.08 Å². The molecule has 0 radical (unpaired) electrons. The number of hydrogen-bond donors (Lipinski definition) is 0. The maximum Gasteiger partial charge on any atom is 0.245 e. The van der Waals surface area contributed by atoms with E-state index in [2.05, 4.69) is 31.9 Å². The van der Waals surface area contributed by atoms with Gasteiger partial charge in [-0.2, -0.15) is 0 Å². The minimum absolute atomic E-state index is 0.520. The van der Waals surface area contributed by atoms with Gasteiger partial charge in [-0.15, -0.1) is 0 Å². The van der Waals surface area contributed by atoms with Crippen LogP contribution in [0.4, 0.5) is 0 Å². The summed E-state index contributed by atoms with van der Waals surface area (Å²) in [6.07, 6.45) is 2.88. The Morgan fingerprint density at radius 2 is 2.13 bits per heavy atom. The van der Waals surface area contributed by atoms with Crippen LogP contribution < -0.4 is 4.74 Å². The molecule has 1 rings (SSSR count). The number of allylic oxidation sites excluding steroid dienone is 1. The largest absolute Gasteiger partial charge is 0.495 e. The van der Waals surface area contributed by atoms with E-state index in [0.717, 1.165) is 14.5 Å². The summed E-state index contributed by atoms with van der Waals surface area (Å²) in [5, 5.41) is -0.520. The minimum Gasteiger partial charge on any atom is -0.495 e. The fourth-order valence-electron chi connectivity index (χ4n) is 1.07. The Bertz CT molecular complexity index is 416. The molecule has 0 fully saturated rings. The van der Waals surface area contributed by atoms with Crippen molar-refractivity contribution < 1.29 is 9.53 Å². The van der Waals surface area contributed by atoms with Crippen molar-refractivity contribution in [2.24, 2.45) is 0 Å². The van der Waals surface area contributed by atoms with Gasteiger partial charge in [0.1, 0.15) is 5.75 Å². The van der Waals surface area contributed by atoms with E-state index in [9.17, 15) is 4.79 Å². The van der Waals surface area contributed by atoms with Gasteiger partial charge in [0.2, 0.25) is 5.24 Å². The highest BCUT2D eigenvalue weighted by Crippen LogP contribution is 2.33. The summed E-state index contributed by atoms with van der Waals surface area (Å²) in [4.78, 5) is 10.6. The van der Waals surface area contributed by atoms with Gasteiger partial charge in [0.15, 0.2) is 0 Å². The summed E-state index contributed by atoms with van der Waals surface area (Å²) in [6.45, 7) is 0. The molecule has 80 valence electrons. The van der Waals surface area contributed by atoms with Crippen LogP contribution in [0.1, 0.15) is 5.56 Å². The Morgan fingerprint density at radius 1 is 1.47 bits per heavy atom. The van der Waals surface area contributed by atoms with E-state index in [0.29, 0.717) is 5.75 Å². The number of carbonyl (C=O) groups excluding carboxylic acids is 1. The number of benzene rings is 1. The number of methoxy groups -OCH3 is 1. The van der Waals surface area contributed by atoms with Crippen molar-refractivity contribution in [3.63, 3.8) is 0 Å². The van der Waals surface area contributed by atoms with E-state index < -0.39 is 5.24 Å². The van der Waals surface area contributed by atoms with Gasteiger partial charge < -0.3 is 4.74 Å². The molecule has 2 nitrogen and oxygen atoms in total. The molecule has 5 heteroatoms. The zero-order valence-electron chi connectivity index (χ0n) is 7.76. The third-order valence-corrected chi connectivity index (χ3v) is 2.81.